The number of benzene rings is 1. The monoisotopic (exact) mass is 380 g/mol. The number of rotatable bonds is 6. The highest BCUT2D eigenvalue weighted by atomic mass is 32.2. The number of esters is 2. The number of aliphatic hydroxyl groups is 1. The van der Waals surface area contributed by atoms with E-state index in [9.17, 15) is 19.5 Å². The number of aromatic nitrogens is 2. The van der Waals surface area contributed by atoms with Gasteiger partial charge in [-0.3, -0.25) is 14.2 Å². The van der Waals surface area contributed by atoms with Gasteiger partial charge in [-0.05, 0) is 32.0 Å². The lowest BCUT2D eigenvalue weighted by Gasteiger charge is -2.16. The lowest BCUT2D eigenvalue weighted by Crippen LogP contribution is -2.29. The van der Waals surface area contributed by atoms with E-state index < -0.39 is 23.3 Å². The molecule has 1 aromatic heterocycles. The Bertz CT molecular complexity index is 893. The molecule has 0 amide bonds. The maximum atomic E-state index is 12.8. The Labute approximate surface area is 154 Å². The van der Waals surface area contributed by atoms with Crippen molar-refractivity contribution in [2.24, 2.45) is 0 Å². The quantitative estimate of drug-likeness (QED) is 0.453. The summed E-state index contributed by atoms with van der Waals surface area (Å²) >= 11 is 1.04. The van der Waals surface area contributed by atoms with Crippen molar-refractivity contribution in [2.75, 3.05) is 14.2 Å². The number of thioether (sulfide) groups is 1. The summed E-state index contributed by atoms with van der Waals surface area (Å²) in [5, 5.41) is 9.66. The standard InChI is InChI=1S/C17H20N2O6S/c1-9(20)8-19-14(21)12-6-5-11(16(23)25-4)7-13(12)18-17(19)26-10(2)15(22)24-3/h5-7,9-10,20H,8H2,1-4H3/t9-,10+/m0/s1. The van der Waals surface area contributed by atoms with Crippen LogP contribution in [0.4, 0.5) is 0 Å². The maximum absolute atomic E-state index is 12.8. The van der Waals surface area contributed by atoms with Gasteiger partial charge in [0, 0.05) is 0 Å². The fourth-order valence-electron chi connectivity index (χ4n) is 2.33. The zero-order chi connectivity index (χ0) is 19.4. The molecule has 0 aliphatic rings. The highest BCUT2D eigenvalue weighted by molar-refractivity contribution is 8.00. The third-order valence-corrected chi connectivity index (χ3v) is 4.67. The number of nitrogens with zero attached hydrogens (tertiary/aromatic N) is 2. The smallest absolute Gasteiger partial charge is 0.337 e. The van der Waals surface area contributed by atoms with Crippen molar-refractivity contribution < 1.29 is 24.2 Å². The summed E-state index contributed by atoms with van der Waals surface area (Å²) in [6.45, 7) is 3.20. The highest BCUT2D eigenvalue weighted by Gasteiger charge is 2.21. The van der Waals surface area contributed by atoms with Gasteiger partial charge in [-0.25, -0.2) is 9.78 Å². The fraction of sp³-hybridized carbons (Fsp3) is 0.412. The van der Waals surface area contributed by atoms with Crippen LogP contribution in [0, 0.1) is 0 Å². The van der Waals surface area contributed by atoms with Crippen molar-refractivity contribution in [3.8, 4) is 0 Å². The Morgan fingerprint density at radius 2 is 1.96 bits per heavy atom. The minimum atomic E-state index is -0.783. The van der Waals surface area contributed by atoms with E-state index >= 15 is 0 Å². The molecule has 9 heteroatoms. The summed E-state index contributed by atoms with van der Waals surface area (Å²) in [6, 6.07) is 4.43. The summed E-state index contributed by atoms with van der Waals surface area (Å²) < 4.78 is 10.7. The molecule has 0 aliphatic carbocycles. The van der Waals surface area contributed by atoms with Crippen LogP contribution in [0.5, 0.6) is 0 Å². The first-order chi connectivity index (χ1) is 12.3. The first-order valence-corrected chi connectivity index (χ1v) is 8.72. The summed E-state index contributed by atoms with van der Waals surface area (Å²) in [4.78, 5) is 40.7. The van der Waals surface area contributed by atoms with Crippen molar-refractivity contribution in [3.63, 3.8) is 0 Å². The third kappa shape index (κ3) is 4.23. The van der Waals surface area contributed by atoms with Crippen LogP contribution in [0.15, 0.2) is 28.2 Å². The molecule has 0 radical (unpaired) electrons. The van der Waals surface area contributed by atoms with Gasteiger partial charge in [-0.2, -0.15) is 0 Å². The molecule has 1 heterocycles. The van der Waals surface area contributed by atoms with Crippen LogP contribution in [0.3, 0.4) is 0 Å². The molecule has 1 aromatic carbocycles. The normalized spacial score (nSPS) is 13.3. The molecule has 1 N–H and O–H groups in total. The van der Waals surface area contributed by atoms with Gasteiger partial charge in [-0.1, -0.05) is 11.8 Å². The van der Waals surface area contributed by atoms with E-state index in [0.29, 0.717) is 10.9 Å². The minimum absolute atomic E-state index is 0.0246. The molecule has 0 spiro atoms. The van der Waals surface area contributed by atoms with Gasteiger partial charge in [0.15, 0.2) is 5.16 Å². The van der Waals surface area contributed by atoms with Gasteiger partial charge in [0.05, 0.1) is 43.3 Å². The molecule has 0 unspecified atom stereocenters. The molecular weight excluding hydrogens is 360 g/mol. The Morgan fingerprint density at radius 3 is 2.54 bits per heavy atom. The number of fused-ring (bicyclic) bond motifs is 1. The molecule has 0 bridgehead atoms. The lowest BCUT2D eigenvalue weighted by atomic mass is 10.1. The average molecular weight is 380 g/mol. The predicted octanol–water partition coefficient (Wildman–Crippen LogP) is 1.22. The van der Waals surface area contributed by atoms with Crippen LogP contribution in [-0.4, -0.2) is 52.2 Å². The zero-order valence-corrected chi connectivity index (χ0v) is 15.7. The van der Waals surface area contributed by atoms with Crippen molar-refractivity contribution in [3.05, 3.63) is 34.1 Å². The van der Waals surface area contributed by atoms with Crippen molar-refractivity contribution >= 4 is 34.6 Å². The Kier molecular flexibility index (Phi) is 6.38. The lowest BCUT2D eigenvalue weighted by molar-refractivity contribution is -0.139. The molecule has 0 saturated heterocycles. The summed E-state index contributed by atoms with van der Waals surface area (Å²) in [5.74, 6) is -1.00. The zero-order valence-electron chi connectivity index (χ0n) is 14.9. The fourth-order valence-corrected chi connectivity index (χ4v) is 3.28. The summed E-state index contributed by atoms with van der Waals surface area (Å²) in [5.41, 5.74) is 0.198. The topological polar surface area (TPSA) is 108 Å². The predicted molar refractivity (Wildman–Crippen MR) is 96.4 cm³/mol. The van der Waals surface area contributed by atoms with Gasteiger partial charge in [0.1, 0.15) is 5.25 Å². The first kappa shape index (κ1) is 19.9. The molecule has 2 rings (SSSR count). The van der Waals surface area contributed by atoms with Crippen molar-refractivity contribution in [1.29, 1.82) is 0 Å². The molecule has 0 saturated carbocycles. The molecule has 26 heavy (non-hydrogen) atoms. The van der Waals surface area contributed by atoms with Crippen LogP contribution in [0.2, 0.25) is 0 Å². The third-order valence-electron chi connectivity index (χ3n) is 3.60. The molecule has 2 aromatic rings. The Morgan fingerprint density at radius 1 is 1.27 bits per heavy atom. The molecule has 0 aliphatic heterocycles. The van der Waals surface area contributed by atoms with Gasteiger partial charge < -0.3 is 14.6 Å². The number of methoxy groups -OCH3 is 2. The van der Waals surface area contributed by atoms with Crippen LogP contribution in [0.1, 0.15) is 24.2 Å². The van der Waals surface area contributed by atoms with Crippen LogP contribution in [-0.2, 0) is 20.8 Å². The second kappa shape index (κ2) is 8.33. The van der Waals surface area contributed by atoms with E-state index in [0.717, 1.165) is 11.8 Å². The van der Waals surface area contributed by atoms with Crippen LogP contribution in [0.25, 0.3) is 10.9 Å². The van der Waals surface area contributed by atoms with Crippen molar-refractivity contribution in [1.82, 2.24) is 9.55 Å². The number of hydrogen-bond acceptors (Lipinski definition) is 8. The second-order valence-corrected chi connectivity index (χ2v) is 6.97. The molecule has 8 nitrogen and oxygen atoms in total. The highest BCUT2D eigenvalue weighted by Crippen LogP contribution is 2.24. The molecule has 140 valence electrons. The first-order valence-electron chi connectivity index (χ1n) is 7.84. The van der Waals surface area contributed by atoms with Crippen molar-refractivity contribution in [2.45, 2.75) is 36.9 Å². The molecule has 0 fully saturated rings. The number of aliphatic hydroxyl groups excluding tert-OH is 1. The Balaban J connectivity index is 2.63. The van der Waals surface area contributed by atoms with E-state index in [1.807, 2.05) is 0 Å². The molecule has 2 atom stereocenters. The number of carbonyl (C=O) groups is 2. The van der Waals surface area contributed by atoms with E-state index in [1.165, 1.54) is 37.0 Å². The SMILES string of the molecule is COC(=O)c1ccc2c(=O)n(C[C@H](C)O)c(S[C@H](C)C(=O)OC)nc2c1. The number of ether oxygens (including phenoxy) is 2. The Hall–Kier alpha value is -2.39. The maximum Gasteiger partial charge on any atom is 0.337 e. The largest absolute Gasteiger partial charge is 0.468 e. The van der Waals surface area contributed by atoms with E-state index in [4.69, 9.17) is 4.74 Å². The molecular formula is C17H20N2O6S. The summed E-state index contributed by atoms with van der Waals surface area (Å²) in [6.07, 6.45) is -0.783. The number of hydrogen-bond donors (Lipinski definition) is 1. The van der Waals surface area contributed by atoms with Gasteiger partial charge in [0.25, 0.3) is 5.56 Å². The minimum Gasteiger partial charge on any atom is -0.468 e. The van der Waals surface area contributed by atoms with E-state index in [1.54, 1.807) is 13.8 Å². The van der Waals surface area contributed by atoms with E-state index in [-0.39, 0.29) is 22.8 Å². The van der Waals surface area contributed by atoms with Gasteiger partial charge in [-0.15, -0.1) is 0 Å². The van der Waals surface area contributed by atoms with Gasteiger partial charge >= 0.3 is 11.9 Å². The van der Waals surface area contributed by atoms with Gasteiger partial charge in [0.2, 0.25) is 0 Å². The van der Waals surface area contributed by atoms with Crippen LogP contribution >= 0.6 is 11.8 Å². The second-order valence-electron chi connectivity index (χ2n) is 5.67. The number of carbonyl (C=O) groups excluding carboxylic acids is 2. The van der Waals surface area contributed by atoms with E-state index in [2.05, 4.69) is 9.72 Å². The average Bonchev–Trinajstić information content (AvgIpc) is 2.62. The summed E-state index contributed by atoms with van der Waals surface area (Å²) in [7, 11) is 2.54. The van der Waals surface area contributed by atoms with Crippen LogP contribution < -0.4 is 5.56 Å².